The number of hydrogen-bond acceptors (Lipinski definition) is 4. The smallest absolute Gasteiger partial charge is 0.327 e. The highest BCUT2D eigenvalue weighted by Gasteiger charge is 2.13. The van der Waals surface area contributed by atoms with Crippen molar-refractivity contribution in [2.45, 2.75) is 12.6 Å². The fourth-order valence-electron chi connectivity index (χ4n) is 0.986. The molecule has 0 amide bonds. The number of benzene rings is 1. The Morgan fingerprint density at radius 2 is 2.13 bits per heavy atom. The summed E-state index contributed by atoms with van der Waals surface area (Å²) in [6.07, 6.45) is 0. The molecular weight excluding hydrogens is 193 g/mol. The molecule has 78 valence electrons. The molecule has 0 saturated carbocycles. The van der Waals surface area contributed by atoms with E-state index in [-0.39, 0.29) is 6.61 Å². The van der Waals surface area contributed by atoms with E-state index in [4.69, 9.17) is 12.6 Å². The molecule has 0 aliphatic rings. The van der Waals surface area contributed by atoms with Gasteiger partial charge in [0, 0.05) is 7.05 Å². The Morgan fingerprint density at radius 3 is 2.73 bits per heavy atom. The SMILES string of the molecule is [B]C(ONC)C(=O)OCc1ccccc1. The zero-order chi connectivity index (χ0) is 11.1. The highest BCUT2D eigenvalue weighted by molar-refractivity contribution is 6.21. The van der Waals surface area contributed by atoms with Gasteiger partial charge in [-0.3, -0.25) is 9.63 Å². The minimum Gasteiger partial charge on any atom is -0.459 e. The molecule has 4 nitrogen and oxygen atoms in total. The highest BCUT2D eigenvalue weighted by Crippen LogP contribution is 2.01. The fraction of sp³-hybridized carbons (Fsp3) is 0.300. The first-order valence-corrected chi connectivity index (χ1v) is 4.52. The van der Waals surface area contributed by atoms with E-state index in [2.05, 4.69) is 10.3 Å². The second-order valence-corrected chi connectivity index (χ2v) is 2.84. The topological polar surface area (TPSA) is 47.6 Å². The van der Waals surface area contributed by atoms with E-state index in [1.54, 1.807) is 0 Å². The van der Waals surface area contributed by atoms with Gasteiger partial charge in [0.05, 0.1) is 0 Å². The number of carbonyl (C=O) groups is 1. The third-order valence-corrected chi connectivity index (χ3v) is 1.70. The van der Waals surface area contributed by atoms with E-state index < -0.39 is 12.0 Å². The minimum absolute atomic E-state index is 0.195. The molecule has 1 aromatic rings. The summed E-state index contributed by atoms with van der Waals surface area (Å²) in [5.41, 5.74) is 3.23. The molecule has 0 fully saturated rings. The van der Waals surface area contributed by atoms with Gasteiger partial charge in [-0.25, -0.2) is 5.48 Å². The second kappa shape index (κ2) is 6.21. The van der Waals surface area contributed by atoms with Gasteiger partial charge in [-0.15, -0.1) is 0 Å². The lowest BCUT2D eigenvalue weighted by molar-refractivity contribution is -0.156. The molecule has 0 aromatic heterocycles. The van der Waals surface area contributed by atoms with Crippen molar-refractivity contribution in [1.29, 1.82) is 0 Å². The predicted molar refractivity (Wildman–Crippen MR) is 55.9 cm³/mol. The van der Waals surface area contributed by atoms with Crippen molar-refractivity contribution < 1.29 is 14.4 Å². The molecule has 0 aliphatic heterocycles. The molecule has 0 saturated heterocycles. The normalized spacial score (nSPS) is 12.1. The van der Waals surface area contributed by atoms with Gasteiger partial charge in [-0.05, 0) is 5.56 Å². The van der Waals surface area contributed by atoms with Crippen molar-refractivity contribution in [1.82, 2.24) is 5.48 Å². The summed E-state index contributed by atoms with van der Waals surface area (Å²) >= 11 is 0. The molecule has 2 radical (unpaired) electrons. The molecule has 1 atom stereocenters. The first-order valence-electron chi connectivity index (χ1n) is 4.52. The molecule has 0 bridgehead atoms. The van der Waals surface area contributed by atoms with E-state index in [0.717, 1.165) is 5.56 Å². The standard InChI is InChI=1S/C10H12BNO3/c1-12-15-9(11)10(13)14-7-8-5-3-2-4-6-8/h2-6,9,12H,7H2,1H3. The average Bonchev–Trinajstić information content (AvgIpc) is 2.27. The molecule has 1 aromatic carbocycles. The molecular formula is C10H12BNO3. The van der Waals surface area contributed by atoms with Crippen LogP contribution in [0.15, 0.2) is 30.3 Å². The fourth-order valence-corrected chi connectivity index (χ4v) is 0.986. The maximum atomic E-state index is 11.2. The van der Waals surface area contributed by atoms with Crippen LogP contribution in [0.1, 0.15) is 5.56 Å². The summed E-state index contributed by atoms with van der Waals surface area (Å²) in [6.45, 7) is 0.195. The lowest BCUT2D eigenvalue weighted by atomic mass is 10.0. The van der Waals surface area contributed by atoms with Crippen molar-refractivity contribution >= 4 is 13.8 Å². The van der Waals surface area contributed by atoms with Gasteiger partial charge < -0.3 is 4.74 Å². The van der Waals surface area contributed by atoms with Crippen LogP contribution in [0.3, 0.4) is 0 Å². The molecule has 1 N–H and O–H groups in total. The number of hydrogen-bond donors (Lipinski definition) is 1. The van der Waals surface area contributed by atoms with Crippen LogP contribution >= 0.6 is 0 Å². The predicted octanol–water partition coefficient (Wildman–Crippen LogP) is 0.375. The van der Waals surface area contributed by atoms with Gasteiger partial charge in [0.25, 0.3) is 0 Å². The van der Waals surface area contributed by atoms with Crippen LogP contribution in [0.2, 0.25) is 0 Å². The minimum atomic E-state index is -1.10. The van der Waals surface area contributed by atoms with Crippen LogP contribution < -0.4 is 5.48 Å². The average molecular weight is 205 g/mol. The van der Waals surface area contributed by atoms with Gasteiger partial charge in [-0.2, -0.15) is 0 Å². The lowest BCUT2D eigenvalue weighted by Gasteiger charge is -2.11. The number of esters is 1. The van der Waals surface area contributed by atoms with E-state index in [9.17, 15) is 4.79 Å². The third-order valence-electron chi connectivity index (χ3n) is 1.70. The quantitative estimate of drug-likeness (QED) is 0.428. The molecule has 15 heavy (non-hydrogen) atoms. The number of ether oxygens (including phenoxy) is 1. The first kappa shape index (κ1) is 11.7. The van der Waals surface area contributed by atoms with E-state index in [1.807, 2.05) is 30.3 Å². The maximum Gasteiger partial charge on any atom is 0.327 e. The van der Waals surface area contributed by atoms with Crippen LogP contribution in [-0.4, -0.2) is 26.9 Å². The second-order valence-electron chi connectivity index (χ2n) is 2.84. The highest BCUT2D eigenvalue weighted by atomic mass is 16.7. The molecule has 0 spiro atoms. The van der Waals surface area contributed by atoms with Crippen LogP contribution in [0.25, 0.3) is 0 Å². The van der Waals surface area contributed by atoms with Gasteiger partial charge in [0.2, 0.25) is 0 Å². The summed E-state index contributed by atoms with van der Waals surface area (Å²) in [5.74, 6) is -0.604. The van der Waals surface area contributed by atoms with Gasteiger partial charge in [-0.1, -0.05) is 30.3 Å². The summed E-state index contributed by atoms with van der Waals surface area (Å²) in [7, 11) is 6.85. The number of nitrogens with one attached hydrogen (secondary N) is 1. The zero-order valence-corrected chi connectivity index (χ0v) is 8.47. The Labute approximate surface area is 89.9 Å². The lowest BCUT2D eigenvalue weighted by Crippen LogP contribution is -2.31. The van der Waals surface area contributed by atoms with Crippen LogP contribution in [0.5, 0.6) is 0 Å². The zero-order valence-electron chi connectivity index (χ0n) is 8.47. The first-order chi connectivity index (χ1) is 7.24. The van der Waals surface area contributed by atoms with Crippen molar-refractivity contribution in [2.24, 2.45) is 0 Å². The number of rotatable bonds is 5. The Morgan fingerprint density at radius 1 is 1.47 bits per heavy atom. The Hall–Kier alpha value is -1.33. The molecule has 1 rings (SSSR count). The van der Waals surface area contributed by atoms with Gasteiger partial charge in [0.1, 0.15) is 20.5 Å². The Kier molecular flexibility index (Phi) is 4.87. The maximum absolute atomic E-state index is 11.2. The van der Waals surface area contributed by atoms with Crippen LogP contribution in [0.4, 0.5) is 0 Å². The molecule has 0 heterocycles. The van der Waals surface area contributed by atoms with Crippen molar-refractivity contribution in [3.8, 4) is 0 Å². The van der Waals surface area contributed by atoms with Crippen molar-refractivity contribution in [3.63, 3.8) is 0 Å². The summed E-state index contributed by atoms with van der Waals surface area (Å²) in [4.78, 5) is 15.8. The third kappa shape index (κ3) is 4.14. The van der Waals surface area contributed by atoms with Gasteiger partial charge >= 0.3 is 5.97 Å². The number of carbonyl (C=O) groups excluding carboxylic acids is 1. The Balaban J connectivity index is 2.34. The summed E-state index contributed by atoms with van der Waals surface area (Å²) < 4.78 is 4.91. The number of hydroxylamine groups is 1. The van der Waals surface area contributed by atoms with Crippen LogP contribution in [-0.2, 0) is 21.0 Å². The van der Waals surface area contributed by atoms with E-state index in [1.165, 1.54) is 7.05 Å². The molecule has 5 heteroatoms. The largest absolute Gasteiger partial charge is 0.459 e. The van der Waals surface area contributed by atoms with E-state index in [0.29, 0.717) is 0 Å². The molecule has 1 unspecified atom stereocenters. The van der Waals surface area contributed by atoms with Crippen molar-refractivity contribution in [3.05, 3.63) is 35.9 Å². The monoisotopic (exact) mass is 205 g/mol. The van der Waals surface area contributed by atoms with Crippen molar-refractivity contribution in [2.75, 3.05) is 7.05 Å². The summed E-state index contributed by atoms with van der Waals surface area (Å²) in [6, 6.07) is 8.25. The Bertz CT molecular complexity index is 305. The van der Waals surface area contributed by atoms with Crippen LogP contribution in [0, 0.1) is 0 Å². The molecule has 0 aliphatic carbocycles. The van der Waals surface area contributed by atoms with Gasteiger partial charge in [0.15, 0.2) is 0 Å². The van der Waals surface area contributed by atoms with E-state index >= 15 is 0 Å². The summed E-state index contributed by atoms with van der Waals surface area (Å²) in [5, 5.41) is 0.